The molecule has 0 saturated carbocycles. The number of methoxy groups -OCH3 is 1. The van der Waals surface area contributed by atoms with Gasteiger partial charge in [-0.15, -0.1) is 0 Å². The highest BCUT2D eigenvalue weighted by Gasteiger charge is 2.27. The number of benzene rings is 1. The van der Waals surface area contributed by atoms with Gasteiger partial charge in [-0.3, -0.25) is 10.6 Å². The highest BCUT2D eigenvalue weighted by Crippen LogP contribution is 2.19. The summed E-state index contributed by atoms with van der Waals surface area (Å²) in [6, 6.07) is 5.49. The number of hydrogen-bond donors (Lipinski definition) is 2. The first-order valence-corrected chi connectivity index (χ1v) is 6.05. The fourth-order valence-corrected chi connectivity index (χ4v) is 2.27. The van der Waals surface area contributed by atoms with Crippen LogP contribution in [0.4, 0.5) is 5.69 Å². The van der Waals surface area contributed by atoms with Gasteiger partial charge in [-0.05, 0) is 37.1 Å². The van der Waals surface area contributed by atoms with Crippen molar-refractivity contribution in [3.8, 4) is 0 Å². The van der Waals surface area contributed by atoms with Crippen molar-refractivity contribution < 1.29 is 9.53 Å². The molecule has 0 radical (unpaired) electrons. The molecular formula is C13H19N3O2. The monoisotopic (exact) mass is 249 g/mol. The van der Waals surface area contributed by atoms with Gasteiger partial charge in [-0.1, -0.05) is 0 Å². The molecule has 1 aliphatic rings. The van der Waals surface area contributed by atoms with Crippen molar-refractivity contribution in [1.29, 1.82) is 0 Å². The van der Waals surface area contributed by atoms with Crippen molar-refractivity contribution in [2.45, 2.75) is 19.4 Å². The average molecular weight is 249 g/mol. The molecule has 1 fully saturated rings. The molecule has 1 aromatic rings. The zero-order chi connectivity index (χ0) is 13.1. The molecule has 5 nitrogen and oxygen atoms in total. The third-order valence-electron chi connectivity index (χ3n) is 3.39. The van der Waals surface area contributed by atoms with Crippen LogP contribution in [0.3, 0.4) is 0 Å². The Bertz CT molecular complexity index is 448. The summed E-state index contributed by atoms with van der Waals surface area (Å²) in [6.07, 6.45) is 1.07. The Balaban J connectivity index is 2.14. The number of likely N-dealkylation sites (tertiary alicyclic amines) is 1. The van der Waals surface area contributed by atoms with Gasteiger partial charge in [0.05, 0.1) is 6.10 Å². The largest absolute Gasteiger partial charge is 0.380 e. The first-order chi connectivity index (χ1) is 8.65. The Morgan fingerprint density at radius 2 is 2.33 bits per heavy atom. The lowest BCUT2D eigenvalue weighted by atomic mass is 10.1. The number of nitrogen functional groups attached to an aromatic ring is 1. The summed E-state index contributed by atoms with van der Waals surface area (Å²) in [4.78, 5) is 14.2. The van der Waals surface area contributed by atoms with Gasteiger partial charge in [0.15, 0.2) is 0 Å². The molecule has 1 unspecified atom stereocenters. The second kappa shape index (κ2) is 5.37. The van der Waals surface area contributed by atoms with Crippen molar-refractivity contribution in [3.05, 3.63) is 29.3 Å². The number of amides is 1. The molecule has 1 aliphatic heterocycles. The van der Waals surface area contributed by atoms with Crippen molar-refractivity contribution in [3.63, 3.8) is 0 Å². The lowest BCUT2D eigenvalue weighted by Crippen LogP contribution is -2.30. The summed E-state index contributed by atoms with van der Waals surface area (Å²) in [7, 11) is 1.69. The lowest BCUT2D eigenvalue weighted by molar-refractivity contribution is 0.0723. The molecule has 18 heavy (non-hydrogen) atoms. The van der Waals surface area contributed by atoms with Crippen LogP contribution in [0.2, 0.25) is 0 Å². The van der Waals surface area contributed by atoms with E-state index in [2.05, 4.69) is 5.43 Å². The SMILES string of the molecule is COC1CCN(C(=O)c2ccc(NN)cc2C)C1. The molecule has 1 atom stereocenters. The van der Waals surface area contributed by atoms with Crippen molar-refractivity contribution in [1.82, 2.24) is 4.90 Å². The molecule has 5 heteroatoms. The first-order valence-electron chi connectivity index (χ1n) is 6.05. The minimum absolute atomic E-state index is 0.0654. The average Bonchev–Trinajstić information content (AvgIpc) is 2.86. The zero-order valence-electron chi connectivity index (χ0n) is 10.8. The normalized spacial score (nSPS) is 19.1. The van der Waals surface area contributed by atoms with Crippen LogP contribution in [-0.2, 0) is 4.74 Å². The maximum Gasteiger partial charge on any atom is 0.254 e. The molecule has 0 bridgehead atoms. The number of nitrogens with one attached hydrogen (secondary N) is 1. The summed E-state index contributed by atoms with van der Waals surface area (Å²) in [6.45, 7) is 3.34. The number of nitrogens with zero attached hydrogens (tertiary/aromatic N) is 1. The van der Waals surface area contributed by atoms with E-state index in [0.717, 1.165) is 29.8 Å². The highest BCUT2D eigenvalue weighted by molar-refractivity contribution is 5.96. The smallest absolute Gasteiger partial charge is 0.254 e. The van der Waals surface area contributed by atoms with E-state index in [0.29, 0.717) is 6.54 Å². The first kappa shape index (κ1) is 12.9. The van der Waals surface area contributed by atoms with Gasteiger partial charge < -0.3 is 15.1 Å². The Morgan fingerprint density at radius 3 is 2.89 bits per heavy atom. The van der Waals surface area contributed by atoms with E-state index in [4.69, 9.17) is 10.6 Å². The lowest BCUT2D eigenvalue weighted by Gasteiger charge is -2.17. The maximum atomic E-state index is 12.3. The van der Waals surface area contributed by atoms with Gasteiger partial charge >= 0.3 is 0 Å². The number of nitrogens with two attached hydrogens (primary N) is 1. The van der Waals surface area contributed by atoms with Crippen molar-refractivity contribution in [2.75, 3.05) is 25.6 Å². The molecule has 2 rings (SSSR count). The molecule has 3 N–H and O–H groups in total. The van der Waals surface area contributed by atoms with E-state index in [1.165, 1.54) is 0 Å². The van der Waals surface area contributed by atoms with Crippen molar-refractivity contribution >= 4 is 11.6 Å². The van der Waals surface area contributed by atoms with Crippen LogP contribution in [0, 0.1) is 6.92 Å². The Kier molecular flexibility index (Phi) is 3.84. The fraction of sp³-hybridized carbons (Fsp3) is 0.462. The van der Waals surface area contributed by atoms with E-state index in [9.17, 15) is 4.79 Å². The van der Waals surface area contributed by atoms with Crippen LogP contribution < -0.4 is 11.3 Å². The summed E-state index contributed by atoms with van der Waals surface area (Å²) < 4.78 is 5.27. The number of hydrogen-bond acceptors (Lipinski definition) is 4. The molecule has 1 heterocycles. The Morgan fingerprint density at radius 1 is 1.56 bits per heavy atom. The molecule has 0 aliphatic carbocycles. The van der Waals surface area contributed by atoms with Crippen LogP contribution >= 0.6 is 0 Å². The fourth-order valence-electron chi connectivity index (χ4n) is 2.27. The Hall–Kier alpha value is -1.59. The van der Waals surface area contributed by atoms with Gasteiger partial charge in [0.2, 0.25) is 0 Å². The van der Waals surface area contributed by atoms with Crippen LogP contribution in [0.1, 0.15) is 22.3 Å². The van der Waals surface area contributed by atoms with Crippen LogP contribution in [0.15, 0.2) is 18.2 Å². The topological polar surface area (TPSA) is 67.6 Å². The summed E-state index contributed by atoms with van der Waals surface area (Å²) in [5.74, 6) is 5.41. The minimum Gasteiger partial charge on any atom is -0.380 e. The number of aryl methyl sites for hydroxylation is 1. The molecule has 1 saturated heterocycles. The van der Waals surface area contributed by atoms with Crippen molar-refractivity contribution in [2.24, 2.45) is 5.84 Å². The van der Waals surface area contributed by atoms with E-state index in [-0.39, 0.29) is 12.0 Å². The second-order valence-corrected chi connectivity index (χ2v) is 4.57. The van der Waals surface area contributed by atoms with E-state index < -0.39 is 0 Å². The third kappa shape index (κ3) is 2.47. The van der Waals surface area contributed by atoms with Crippen LogP contribution in [0.25, 0.3) is 0 Å². The van der Waals surface area contributed by atoms with E-state index in [1.54, 1.807) is 7.11 Å². The van der Waals surface area contributed by atoms with Gasteiger partial charge in [0.1, 0.15) is 0 Å². The van der Waals surface area contributed by atoms with Crippen LogP contribution in [0.5, 0.6) is 0 Å². The number of carbonyl (C=O) groups excluding carboxylic acids is 1. The predicted molar refractivity (Wildman–Crippen MR) is 70.3 cm³/mol. The third-order valence-corrected chi connectivity index (χ3v) is 3.39. The standard InChI is InChI=1S/C13H19N3O2/c1-9-7-10(15-14)3-4-12(9)13(17)16-6-5-11(8-16)18-2/h3-4,7,11,15H,5-6,8,14H2,1-2H3. The number of hydrazine groups is 1. The van der Waals surface area contributed by atoms with Gasteiger partial charge in [0, 0.05) is 31.5 Å². The van der Waals surface area contributed by atoms with Gasteiger partial charge in [0.25, 0.3) is 5.91 Å². The molecule has 1 aromatic carbocycles. The zero-order valence-corrected chi connectivity index (χ0v) is 10.8. The summed E-state index contributed by atoms with van der Waals surface area (Å²) in [5.41, 5.74) is 5.04. The quantitative estimate of drug-likeness (QED) is 0.622. The molecule has 0 aromatic heterocycles. The number of ether oxygens (including phenoxy) is 1. The van der Waals surface area contributed by atoms with Crippen LogP contribution in [-0.4, -0.2) is 37.1 Å². The minimum atomic E-state index is 0.0654. The predicted octanol–water partition coefficient (Wildman–Crippen LogP) is 1.14. The van der Waals surface area contributed by atoms with E-state index >= 15 is 0 Å². The maximum absolute atomic E-state index is 12.3. The van der Waals surface area contributed by atoms with Gasteiger partial charge in [-0.2, -0.15) is 0 Å². The number of rotatable bonds is 3. The Labute approximate surface area is 107 Å². The molecule has 1 amide bonds. The second-order valence-electron chi connectivity index (χ2n) is 4.57. The summed E-state index contributed by atoms with van der Waals surface area (Å²) in [5, 5.41) is 0. The molecule has 0 spiro atoms. The highest BCUT2D eigenvalue weighted by atomic mass is 16.5. The van der Waals surface area contributed by atoms with E-state index in [1.807, 2.05) is 30.0 Å². The number of anilines is 1. The molecular weight excluding hydrogens is 230 g/mol. The number of carbonyl (C=O) groups is 1. The molecule has 98 valence electrons. The van der Waals surface area contributed by atoms with Gasteiger partial charge in [-0.25, -0.2) is 0 Å². The summed E-state index contributed by atoms with van der Waals surface area (Å²) >= 11 is 0.